The Hall–Kier alpha value is -4.68. The number of carbonyl (C=O) groups excluding carboxylic acids is 4. The molecule has 214 valence electrons. The van der Waals surface area contributed by atoms with Crippen LogP contribution >= 0.6 is 0 Å². The van der Waals surface area contributed by atoms with Crippen molar-refractivity contribution in [2.45, 2.75) is 50.2 Å². The summed E-state index contributed by atoms with van der Waals surface area (Å²) in [5.41, 5.74) is 6.49. The van der Waals surface area contributed by atoms with E-state index in [9.17, 15) is 28.4 Å². The fourth-order valence-corrected chi connectivity index (χ4v) is 4.41. The number of hydrogen-bond donors (Lipinski definition) is 5. The minimum atomic E-state index is -1.16. The standard InChI is InChI=1S/C27H32FN5O7/c1-40-20-7-5-16(6-8-20)13-21(25(29)37)32-26(38)22-15-19(11-12-33(22)23(34)9-10-24(35)36)31-27(39)30-18-4-2-3-17(28)14-18/h2-8,14,19,21-22H,9-13,15H2,1H3,(H2,29,37)(H,32,38)(H,35,36)(H2,30,31,39). The zero-order valence-electron chi connectivity index (χ0n) is 21.9. The van der Waals surface area contributed by atoms with Crippen LogP contribution in [0.3, 0.4) is 0 Å². The lowest BCUT2D eigenvalue weighted by molar-refractivity contribution is -0.146. The zero-order valence-corrected chi connectivity index (χ0v) is 21.9. The van der Waals surface area contributed by atoms with E-state index >= 15 is 0 Å². The summed E-state index contributed by atoms with van der Waals surface area (Å²) in [6.45, 7) is 0.0567. The van der Waals surface area contributed by atoms with Crippen molar-refractivity contribution in [1.82, 2.24) is 15.5 Å². The molecule has 12 nitrogen and oxygen atoms in total. The Morgan fingerprint density at radius 3 is 2.48 bits per heavy atom. The maximum Gasteiger partial charge on any atom is 0.319 e. The number of methoxy groups -OCH3 is 1. The molecule has 0 aromatic heterocycles. The normalized spacial score (nSPS) is 17.3. The molecule has 0 spiro atoms. The highest BCUT2D eigenvalue weighted by Gasteiger charge is 2.38. The summed E-state index contributed by atoms with van der Waals surface area (Å²) in [4.78, 5) is 63.2. The van der Waals surface area contributed by atoms with Crippen LogP contribution < -0.4 is 26.4 Å². The van der Waals surface area contributed by atoms with Crippen molar-refractivity contribution in [2.75, 3.05) is 19.0 Å². The number of benzene rings is 2. The van der Waals surface area contributed by atoms with Crippen molar-refractivity contribution < 1.29 is 38.2 Å². The number of ether oxygens (including phenoxy) is 1. The Labute approximate surface area is 230 Å². The minimum absolute atomic E-state index is 0.00473. The molecule has 5 amide bonds. The molecule has 0 radical (unpaired) electrons. The summed E-state index contributed by atoms with van der Waals surface area (Å²) in [6, 6.07) is 8.78. The molecular formula is C27H32FN5O7. The van der Waals surface area contributed by atoms with E-state index in [2.05, 4.69) is 16.0 Å². The van der Waals surface area contributed by atoms with E-state index in [1.54, 1.807) is 24.3 Å². The number of piperidine rings is 1. The van der Waals surface area contributed by atoms with Gasteiger partial charge in [-0.3, -0.25) is 19.2 Å². The number of aliphatic carboxylic acids is 1. The number of carbonyl (C=O) groups is 5. The van der Waals surface area contributed by atoms with Gasteiger partial charge in [-0.1, -0.05) is 18.2 Å². The quantitative estimate of drug-likeness (QED) is 0.277. The molecule has 3 unspecified atom stereocenters. The van der Waals surface area contributed by atoms with Crippen LogP contribution in [0.15, 0.2) is 48.5 Å². The molecule has 1 heterocycles. The number of nitrogens with two attached hydrogens (primary N) is 1. The van der Waals surface area contributed by atoms with Gasteiger partial charge in [0.2, 0.25) is 17.7 Å². The molecule has 0 aliphatic carbocycles. The van der Waals surface area contributed by atoms with E-state index in [0.29, 0.717) is 11.3 Å². The SMILES string of the molecule is COc1ccc(CC(NC(=O)C2CC(NC(=O)Nc3cccc(F)c3)CCN2C(=O)CCC(=O)O)C(N)=O)cc1. The van der Waals surface area contributed by atoms with Gasteiger partial charge < -0.3 is 36.4 Å². The number of urea groups is 1. The van der Waals surface area contributed by atoms with E-state index in [0.717, 1.165) is 6.07 Å². The first-order valence-electron chi connectivity index (χ1n) is 12.6. The third kappa shape index (κ3) is 8.68. The van der Waals surface area contributed by atoms with Gasteiger partial charge in [0.1, 0.15) is 23.7 Å². The van der Waals surface area contributed by atoms with Gasteiger partial charge in [-0.05, 0) is 48.7 Å². The predicted octanol–water partition coefficient (Wildman–Crippen LogP) is 1.39. The van der Waals surface area contributed by atoms with Gasteiger partial charge >= 0.3 is 12.0 Å². The summed E-state index contributed by atoms with van der Waals surface area (Å²) in [6.07, 6.45) is -0.368. The van der Waals surface area contributed by atoms with E-state index in [4.69, 9.17) is 15.6 Å². The summed E-state index contributed by atoms with van der Waals surface area (Å²) in [7, 11) is 1.52. The van der Waals surface area contributed by atoms with Gasteiger partial charge in [0, 0.05) is 31.1 Å². The number of carboxylic acids is 1. The van der Waals surface area contributed by atoms with Gasteiger partial charge in [0.25, 0.3) is 0 Å². The second kappa shape index (κ2) is 13.9. The van der Waals surface area contributed by atoms with Crippen LogP contribution in [0.1, 0.15) is 31.2 Å². The monoisotopic (exact) mass is 557 g/mol. The second-order valence-corrected chi connectivity index (χ2v) is 9.34. The van der Waals surface area contributed by atoms with Crippen molar-refractivity contribution >= 4 is 35.4 Å². The minimum Gasteiger partial charge on any atom is -0.497 e. The number of nitrogens with zero attached hydrogens (tertiary/aromatic N) is 1. The van der Waals surface area contributed by atoms with Gasteiger partial charge in [-0.2, -0.15) is 0 Å². The lowest BCUT2D eigenvalue weighted by atomic mass is 9.95. The summed E-state index contributed by atoms with van der Waals surface area (Å²) < 4.78 is 18.6. The molecule has 3 rings (SSSR count). The maximum absolute atomic E-state index is 13.5. The van der Waals surface area contributed by atoms with Crippen LogP contribution in [0.5, 0.6) is 5.75 Å². The number of primary amides is 1. The number of rotatable bonds is 11. The molecule has 6 N–H and O–H groups in total. The molecule has 1 fully saturated rings. The van der Waals surface area contributed by atoms with Gasteiger partial charge in [-0.15, -0.1) is 0 Å². The molecule has 0 saturated carbocycles. The Morgan fingerprint density at radius 2 is 1.85 bits per heavy atom. The zero-order chi connectivity index (χ0) is 29.2. The van der Waals surface area contributed by atoms with Crippen molar-refractivity contribution in [2.24, 2.45) is 5.73 Å². The smallest absolute Gasteiger partial charge is 0.319 e. The number of halogens is 1. The molecule has 1 aliphatic heterocycles. The molecule has 0 bridgehead atoms. The highest BCUT2D eigenvalue weighted by molar-refractivity contribution is 5.93. The van der Waals surface area contributed by atoms with Crippen LogP contribution in [0.2, 0.25) is 0 Å². The van der Waals surface area contributed by atoms with E-state index < -0.39 is 60.1 Å². The summed E-state index contributed by atoms with van der Waals surface area (Å²) >= 11 is 0. The van der Waals surface area contributed by atoms with Gasteiger partial charge in [-0.25, -0.2) is 9.18 Å². The Bertz CT molecular complexity index is 1240. The third-order valence-corrected chi connectivity index (χ3v) is 6.45. The lowest BCUT2D eigenvalue weighted by Crippen LogP contribution is -2.60. The highest BCUT2D eigenvalue weighted by Crippen LogP contribution is 2.21. The first-order valence-corrected chi connectivity index (χ1v) is 12.6. The largest absolute Gasteiger partial charge is 0.497 e. The number of likely N-dealkylation sites (tertiary alicyclic amines) is 1. The molecule has 13 heteroatoms. The molecule has 2 aromatic carbocycles. The van der Waals surface area contributed by atoms with Crippen molar-refractivity contribution in [3.63, 3.8) is 0 Å². The average Bonchev–Trinajstić information content (AvgIpc) is 2.91. The van der Waals surface area contributed by atoms with E-state index in [1.165, 1.54) is 30.2 Å². The maximum atomic E-state index is 13.5. The van der Waals surface area contributed by atoms with Gasteiger partial charge in [0.15, 0.2) is 0 Å². The Balaban J connectivity index is 1.72. The van der Waals surface area contributed by atoms with Crippen molar-refractivity contribution in [1.29, 1.82) is 0 Å². The van der Waals surface area contributed by atoms with Crippen molar-refractivity contribution in [3.8, 4) is 5.75 Å². The highest BCUT2D eigenvalue weighted by atomic mass is 19.1. The third-order valence-electron chi connectivity index (χ3n) is 6.45. The van der Waals surface area contributed by atoms with Crippen LogP contribution in [-0.2, 0) is 25.6 Å². The fourth-order valence-electron chi connectivity index (χ4n) is 4.41. The molecule has 1 aliphatic rings. The molecule has 1 saturated heterocycles. The predicted molar refractivity (Wildman–Crippen MR) is 142 cm³/mol. The number of carboxylic acid groups (broad SMARTS) is 1. The number of anilines is 1. The molecule has 40 heavy (non-hydrogen) atoms. The van der Waals surface area contributed by atoms with Crippen LogP contribution in [0.25, 0.3) is 0 Å². The van der Waals surface area contributed by atoms with E-state index in [-0.39, 0.29) is 37.9 Å². The number of hydrogen-bond acceptors (Lipinski definition) is 6. The first-order chi connectivity index (χ1) is 19.0. The van der Waals surface area contributed by atoms with E-state index in [1.807, 2.05) is 0 Å². The molecule has 3 atom stereocenters. The summed E-state index contributed by atoms with van der Waals surface area (Å²) in [5.74, 6) is -3.07. The first kappa shape index (κ1) is 29.9. The van der Waals surface area contributed by atoms with Crippen molar-refractivity contribution in [3.05, 3.63) is 59.9 Å². The lowest BCUT2D eigenvalue weighted by Gasteiger charge is -2.39. The Kier molecular flexibility index (Phi) is 10.4. The van der Waals surface area contributed by atoms with Crippen LogP contribution in [0, 0.1) is 5.82 Å². The topological polar surface area (TPSA) is 180 Å². The number of amides is 5. The second-order valence-electron chi connectivity index (χ2n) is 9.34. The number of nitrogens with one attached hydrogen (secondary N) is 3. The molecule has 2 aromatic rings. The van der Waals surface area contributed by atoms with Crippen LogP contribution in [0.4, 0.5) is 14.9 Å². The van der Waals surface area contributed by atoms with Gasteiger partial charge in [0.05, 0.1) is 13.5 Å². The molecular weight excluding hydrogens is 525 g/mol. The fraction of sp³-hybridized carbons (Fsp3) is 0.370. The summed E-state index contributed by atoms with van der Waals surface area (Å²) in [5, 5.41) is 16.8. The average molecular weight is 558 g/mol. The van der Waals surface area contributed by atoms with Crippen LogP contribution in [-0.4, -0.2) is 71.5 Å². The Morgan fingerprint density at radius 1 is 1.12 bits per heavy atom.